The predicted molar refractivity (Wildman–Crippen MR) is 248 cm³/mol. The van der Waals surface area contributed by atoms with Gasteiger partial charge in [-0.3, -0.25) is 0 Å². The molecule has 0 aliphatic rings. The summed E-state index contributed by atoms with van der Waals surface area (Å²) in [5.41, 5.74) is 10.8. The Hall–Kier alpha value is -5.04. The first kappa shape index (κ1) is 37.0. The van der Waals surface area contributed by atoms with Crippen molar-refractivity contribution < 1.29 is 30.0 Å². The SMILES string of the molecule is [2H]C(C)(C)c1ccnc(-c2[c-]ccc3c2sc2cc(-c4cccc(F)c4)c(-c4ccccc4)cc23)c1.[2H]C([2H])([2H])c1c[c-]c(-c2nc[c]([Ge]([CH3])([CH3])[CH3])cc2-c2ccccc2)cc1.[Ir]. The van der Waals surface area contributed by atoms with Crippen molar-refractivity contribution in [1.29, 1.82) is 0 Å². The molecule has 1 radical (unpaired) electrons. The second kappa shape index (κ2) is 18.1. The van der Waals surface area contributed by atoms with Gasteiger partial charge >= 0.3 is 146 Å². The summed E-state index contributed by atoms with van der Waals surface area (Å²) >= 11 is -0.323. The molecule has 59 heavy (non-hydrogen) atoms. The third kappa shape index (κ3) is 9.25. The molecule has 9 aromatic rings. The summed E-state index contributed by atoms with van der Waals surface area (Å²) in [4.78, 5) is 9.39. The van der Waals surface area contributed by atoms with E-state index >= 15 is 0 Å². The van der Waals surface area contributed by atoms with E-state index in [9.17, 15) is 4.39 Å². The van der Waals surface area contributed by atoms with Crippen LogP contribution in [0.4, 0.5) is 4.39 Å². The molecule has 0 fully saturated rings. The standard InChI is InChI=1S/C32H23FNS.C21H22GeN.Ir/c1-20(2)22-14-15-34-30(17-22)26-13-7-12-25-29-18-27(21-8-4-3-5-9-21)28(19-31(29)35-32(25)26)23-10-6-11-24(33)16-23;1-16-10-12-18(13-11-16)21-20(17-8-6-5-7-9-17)14-19(15-23-21)22(2,3)4;/h3-12,14-20H,1-2H3;5-12,14-15H,1-4H3;/q2*-1;/i20D;1D3;. The monoisotopic (exact) mass is 1030 g/mol. The van der Waals surface area contributed by atoms with E-state index in [0.29, 0.717) is 5.56 Å². The zero-order chi connectivity index (χ0) is 43.8. The fraction of sp³-hybridized carbons (Fsp3) is 0.132. The topological polar surface area (TPSA) is 25.8 Å². The summed E-state index contributed by atoms with van der Waals surface area (Å²) in [7, 11) is 0. The van der Waals surface area contributed by atoms with Crippen molar-refractivity contribution in [2.24, 2.45) is 0 Å². The molecule has 0 aliphatic carbocycles. The number of fused-ring (bicyclic) bond motifs is 3. The minimum Gasteiger partial charge on any atom is 0 e. The Labute approximate surface area is 373 Å². The fourth-order valence-corrected chi connectivity index (χ4v) is 10.5. The van der Waals surface area contributed by atoms with Gasteiger partial charge in [-0.2, -0.15) is 11.3 Å². The second-order valence-electron chi connectivity index (χ2n) is 15.6. The van der Waals surface area contributed by atoms with Gasteiger partial charge in [-0.25, -0.2) is 4.39 Å². The van der Waals surface area contributed by atoms with Gasteiger partial charge in [-0.15, -0.1) is 23.8 Å². The molecule has 3 heterocycles. The maximum Gasteiger partial charge on any atom is 0 e. The number of hydrogen-bond donors (Lipinski definition) is 0. The van der Waals surface area contributed by atoms with Crippen LogP contribution in [0, 0.1) is 24.8 Å². The normalized spacial score (nSPS) is 12.7. The molecule has 0 atom stereocenters. The molecule has 2 nitrogen and oxygen atoms in total. The second-order valence-corrected chi connectivity index (χ2v) is 27.3. The molecule has 0 aliphatic heterocycles. The molecular formula is C53H45FGeIrN2S-2. The molecule has 0 N–H and O–H groups in total. The van der Waals surface area contributed by atoms with Gasteiger partial charge in [0, 0.05) is 32.4 Å². The molecule has 6 heteroatoms. The molecule has 0 bridgehead atoms. The number of aryl methyl sites for hydroxylation is 1. The average molecular weight is 1030 g/mol. The number of nitrogens with zero attached hydrogens (tertiary/aromatic N) is 2. The number of benzene rings is 6. The Balaban J connectivity index is 0.000000196. The van der Waals surface area contributed by atoms with E-state index in [2.05, 4.69) is 82.9 Å². The third-order valence-electron chi connectivity index (χ3n) is 10.3. The summed E-state index contributed by atoms with van der Waals surface area (Å²) in [6.07, 6.45) is 3.75. The summed E-state index contributed by atoms with van der Waals surface area (Å²) in [6, 6.07) is 53.4. The van der Waals surface area contributed by atoms with Crippen molar-refractivity contribution in [3.63, 3.8) is 0 Å². The van der Waals surface area contributed by atoms with Crippen molar-refractivity contribution in [3.05, 3.63) is 187 Å². The molecule has 3 aromatic heterocycles. The van der Waals surface area contributed by atoms with Crippen molar-refractivity contribution in [3.8, 4) is 55.9 Å². The first-order valence-electron chi connectivity index (χ1n) is 21.3. The number of aromatic nitrogens is 2. The Bertz CT molecular complexity index is 3030. The van der Waals surface area contributed by atoms with Crippen molar-refractivity contribution in [2.45, 2.75) is 43.9 Å². The molecule has 0 saturated carbocycles. The molecule has 9 rings (SSSR count). The van der Waals surface area contributed by atoms with Crippen LogP contribution < -0.4 is 4.40 Å². The Morgan fingerprint density at radius 2 is 1.42 bits per heavy atom. The number of rotatable bonds is 7. The average Bonchev–Trinajstić information content (AvgIpc) is 3.64. The third-order valence-corrected chi connectivity index (χ3v) is 15.7. The van der Waals surface area contributed by atoms with E-state index in [-0.39, 0.29) is 25.9 Å². The minimum atomic E-state index is -2.12. The number of thiophene rings is 1. The molecule has 6 aromatic carbocycles. The number of hydrogen-bond acceptors (Lipinski definition) is 3. The van der Waals surface area contributed by atoms with Gasteiger partial charge in [-0.1, -0.05) is 73.3 Å². The Kier molecular flexibility index (Phi) is 11.3. The van der Waals surface area contributed by atoms with Gasteiger partial charge in [0.1, 0.15) is 5.82 Å². The van der Waals surface area contributed by atoms with E-state index < -0.39 is 26.0 Å². The van der Waals surface area contributed by atoms with Crippen LogP contribution in [0.25, 0.3) is 76.1 Å². The molecule has 0 saturated heterocycles. The van der Waals surface area contributed by atoms with E-state index in [1.807, 2.05) is 80.7 Å². The molecule has 0 amide bonds. The predicted octanol–water partition coefficient (Wildman–Crippen LogP) is 14.6. The zero-order valence-corrected chi connectivity index (χ0v) is 38.8. The van der Waals surface area contributed by atoms with Gasteiger partial charge in [0.25, 0.3) is 0 Å². The van der Waals surface area contributed by atoms with Crippen LogP contribution in [-0.2, 0) is 20.1 Å². The first-order chi connectivity index (χ1) is 29.5. The molecule has 295 valence electrons. The molecule has 0 unspecified atom stereocenters. The first-order valence-corrected chi connectivity index (χ1v) is 27.5. The minimum absolute atomic E-state index is 0. The van der Waals surface area contributed by atoms with Gasteiger partial charge in [0.15, 0.2) is 0 Å². The van der Waals surface area contributed by atoms with Crippen LogP contribution in [-0.4, -0.2) is 23.2 Å². The van der Waals surface area contributed by atoms with Crippen LogP contribution in [0.3, 0.4) is 0 Å². The number of pyridine rings is 2. The summed E-state index contributed by atoms with van der Waals surface area (Å²) < 4.78 is 48.8. The fourth-order valence-electron chi connectivity index (χ4n) is 7.11. The smallest absolute Gasteiger partial charge is 0 e. The van der Waals surface area contributed by atoms with E-state index in [4.69, 9.17) is 10.5 Å². The van der Waals surface area contributed by atoms with E-state index in [1.165, 1.54) is 10.5 Å². The van der Waals surface area contributed by atoms with E-state index in [0.717, 1.165) is 81.6 Å². The quantitative estimate of drug-likeness (QED) is 0.117. The number of halogens is 1. The van der Waals surface area contributed by atoms with Crippen LogP contribution in [0.15, 0.2) is 158 Å². The van der Waals surface area contributed by atoms with Crippen LogP contribution in [0.5, 0.6) is 0 Å². The van der Waals surface area contributed by atoms with Crippen LogP contribution in [0.2, 0.25) is 17.3 Å². The Morgan fingerprint density at radius 1 is 0.712 bits per heavy atom. The summed E-state index contributed by atoms with van der Waals surface area (Å²) in [5.74, 6) is 6.09. The van der Waals surface area contributed by atoms with Crippen LogP contribution >= 0.6 is 11.3 Å². The van der Waals surface area contributed by atoms with Gasteiger partial charge in [0.2, 0.25) is 0 Å². The molecule has 0 spiro atoms. The maximum atomic E-state index is 14.2. The largest absolute Gasteiger partial charge is 0 e. The van der Waals surface area contributed by atoms with Crippen LogP contribution in [0.1, 0.15) is 36.4 Å². The van der Waals surface area contributed by atoms with Crippen molar-refractivity contribution >= 4 is 49.2 Å². The Morgan fingerprint density at radius 3 is 2.08 bits per heavy atom. The summed E-state index contributed by atoms with van der Waals surface area (Å²) in [5, 5.41) is 2.30. The van der Waals surface area contributed by atoms with Crippen molar-refractivity contribution in [1.82, 2.24) is 9.97 Å². The summed E-state index contributed by atoms with van der Waals surface area (Å²) in [6.45, 7) is 1.65. The van der Waals surface area contributed by atoms with Gasteiger partial charge in [-0.05, 0) is 74.3 Å². The maximum absolute atomic E-state index is 14.2. The van der Waals surface area contributed by atoms with Gasteiger partial charge < -0.3 is 4.98 Å². The van der Waals surface area contributed by atoms with Gasteiger partial charge in [0.05, 0.1) is 0 Å². The zero-order valence-electron chi connectivity index (χ0n) is 37.5. The van der Waals surface area contributed by atoms with Crippen molar-refractivity contribution in [2.75, 3.05) is 0 Å². The molecular weight excluding hydrogens is 980 g/mol. The van der Waals surface area contributed by atoms with E-state index in [1.54, 1.807) is 47.9 Å².